The number of fused-ring (bicyclic) bond motifs is 1. The summed E-state index contributed by atoms with van der Waals surface area (Å²) >= 11 is 3.29. The number of carbonyl (C=O) groups excluding carboxylic acids is 2. The number of aromatic nitrogens is 3. The maximum Gasteiger partial charge on any atom is 0.240 e. The second kappa shape index (κ2) is 11.0. The van der Waals surface area contributed by atoms with Gasteiger partial charge in [0, 0.05) is 34.8 Å². The molecule has 5 rings (SSSR count). The van der Waals surface area contributed by atoms with Crippen LogP contribution in [0.3, 0.4) is 0 Å². The number of carbonyl (C=O) groups is 2. The second-order valence-corrected chi connectivity index (χ2v) is 12.9. The molecule has 0 spiro atoms. The highest BCUT2D eigenvalue weighted by atomic mass is 32.2. The average molecular weight is 560 g/mol. The minimum absolute atomic E-state index is 0.0684. The Labute approximate surface area is 237 Å². The molecule has 1 N–H and O–H groups in total. The molecule has 0 fully saturated rings. The van der Waals surface area contributed by atoms with Gasteiger partial charge in [-0.3, -0.25) is 19.5 Å². The van der Waals surface area contributed by atoms with E-state index in [9.17, 15) is 9.59 Å². The van der Waals surface area contributed by atoms with E-state index in [-0.39, 0.29) is 34.8 Å². The Kier molecular flexibility index (Phi) is 7.64. The van der Waals surface area contributed by atoms with Crippen molar-refractivity contribution in [2.75, 3.05) is 17.2 Å². The van der Waals surface area contributed by atoms with Gasteiger partial charge >= 0.3 is 0 Å². The van der Waals surface area contributed by atoms with Crippen LogP contribution in [0.2, 0.25) is 0 Å². The number of nitrogens with one attached hydrogen (secondary N) is 1. The number of hydrogen-bond acceptors (Lipinski definition) is 6. The lowest BCUT2D eigenvalue weighted by Crippen LogP contribution is -2.42. The molecule has 0 saturated heterocycles. The third kappa shape index (κ3) is 5.65. The van der Waals surface area contributed by atoms with Gasteiger partial charge in [-0.1, -0.05) is 50.6 Å². The van der Waals surface area contributed by atoms with Crippen molar-refractivity contribution in [1.29, 1.82) is 0 Å². The highest BCUT2D eigenvalue weighted by Crippen LogP contribution is 2.49. The lowest BCUT2D eigenvalue weighted by Gasteiger charge is -2.24. The molecule has 7 nitrogen and oxygen atoms in total. The topological polar surface area (TPSA) is 80.1 Å². The van der Waals surface area contributed by atoms with Gasteiger partial charge in [0.15, 0.2) is 0 Å². The molecule has 4 aromatic rings. The number of rotatable bonds is 6. The van der Waals surface area contributed by atoms with E-state index < -0.39 is 0 Å². The number of pyridine rings is 1. The fourth-order valence-electron chi connectivity index (χ4n) is 4.85. The highest BCUT2D eigenvalue weighted by Gasteiger charge is 2.40. The van der Waals surface area contributed by atoms with Crippen LogP contribution < -0.4 is 10.2 Å². The first kappa shape index (κ1) is 27.1. The Hall–Kier alpha value is -3.43. The molecule has 0 saturated carbocycles. The minimum atomic E-state index is -0.286. The van der Waals surface area contributed by atoms with Crippen molar-refractivity contribution in [3.63, 3.8) is 0 Å². The lowest BCUT2D eigenvalue weighted by atomic mass is 9.88. The molecule has 0 radical (unpaired) electrons. The van der Waals surface area contributed by atoms with E-state index in [0.29, 0.717) is 12.4 Å². The summed E-state index contributed by atoms with van der Waals surface area (Å²) in [4.78, 5) is 34.0. The Morgan fingerprint density at radius 2 is 1.97 bits per heavy atom. The number of nitrogens with zero attached hydrogens (tertiary/aromatic N) is 4. The zero-order chi connectivity index (χ0) is 27.7. The average Bonchev–Trinajstić information content (AvgIpc) is 3.53. The van der Waals surface area contributed by atoms with Gasteiger partial charge in [-0.25, -0.2) is 4.68 Å². The third-order valence-corrected chi connectivity index (χ3v) is 9.02. The zero-order valence-electron chi connectivity index (χ0n) is 22.9. The van der Waals surface area contributed by atoms with Gasteiger partial charge < -0.3 is 5.32 Å². The summed E-state index contributed by atoms with van der Waals surface area (Å²) in [6, 6.07) is 14.1. The molecule has 1 aliphatic heterocycles. The highest BCUT2D eigenvalue weighted by molar-refractivity contribution is 8.00. The number of aryl methyl sites for hydroxylation is 2. The fraction of sp³-hybridized carbons (Fsp3) is 0.333. The van der Waals surface area contributed by atoms with E-state index >= 15 is 0 Å². The van der Waals surface area contributed by atoms with Gasteiger partial charge in [0.25, 0.3) is 0 Å². The first-order valence-corrected chi connectivity index (χ1v) is 14.9. The van der Waals surface area contributed by atoms with Gasteiger partial charge in [0.2, 0.25) is 11.8 Å². The number of amides is 2. The molecule has 39 heavy (non-hydrogen) atoms. The van der Waals surface area contributed by atoms with Crippen LogP contribution in [-0.2, 0) is 21.5 Å². The quantitative estimate of drug-likeness (QED) is 0.326. The Morgan fingerprint density at radius 3 is 2.64 bits per heavy atom. The lowest BCUT2D eigenvalue weighted by molar-refractivity contribution is -0.123. The molecule has 0 bridgehead atoms. The van der Waals surface area contributed by atoms with Gasteiger partial charge in [0.05, 0.1) is 22.4 Å². The molecule has 0 aliphatic carbocycles. The molecule has 4 heterocycles. The van der Waals surface area contributed by atoms with E-state index in [1.54, 1.807) is 40.4 Å². The summed E-state index contributed by atoms with van der Waals surface area (Å²) in [5.74, 6) is 0.604. The molecule has 0 unspecified atom stereocenters. The predicted octanol–water partition coefficient (Wildman–Crippen LogP) is 5.73. The van der Waals surface area contributed by atoms with Crippen molar-refractivity contribution >= 4 is 40.7 Å². The van der Waals surface area contributed by atoms with Gasteiger partial charge in [0.1, 0.15) is 12.4 Å². The number of benzene rings is 1. The Balaban J connectivity index is 1.65. The smallest absolute Gasteiger partial charge is 0.240 e. The van der Waals surface area contributed by atoms with Crippen LogP contribution >= 0.6 is 23.1 Å². The van der Waals surface area contributed by atoms with Crippen LogP contribution in [0.4, 0.5) is 5.82 Å². The first-order valence-electron chi connectivity index (χ1n) is 13.0. The molecule has 1 aliphatic rings. The molecular formula is C30H33N5O2S2. The summed E-state index contributed by atoms with van der Waals surface area (Å²) in [6.45, 7) is 10.8. The van der Waals surface area contributed by atoms with E-state index in [1.165, 1.54) is 4.88 Å². The van der Waals surface area contributed by atoms with Gasteiger partial charge in [-0.05, 0) is 48.6 Å². The maximum absolute atomic E-state index is 13.8. The second-order valence-electron chi connectivity index (χ2n) is 10.9. The molecule has 3 aromatic heterocycles. The first-order chi connectivity index (χ1) is 18.6. The third-order valence-electron chi connectivity index (χ3n) is 6.70. The van der Waals surface area contributed by atoms with Crippen molar-refractivity contribution < 1.29 is 9.59 Å². The van der Waals surface area contributed by atoms with Crippen molar-refractivity contribution in [1.82, 2.24) is 20.1 Å². The van der Waals surface area contributed by atoms with Crippen LogP contribution in [0, 0.1) is 13.8 Å². The Morgan fingerprint density at radius 1 is 1.15 bits per heavy atom. The molecule has 1 atom stereocenters. The number of thioether (sulfide) groups is 1. The van der Waals surface area contributed by atoms with Gasteiger partial charge in [-0.2, -0.15) is 5.10 Å². The summed E-state index contributed by atoms with van der Waals surface area (Å²) in [5.41, 5.74) is 5.65. The van der Waals surface area contributed by atoms with Crippen LogP contribution in [0.5, 0.6) is 0 Å². The van der Waals surface area contributed by atoms with E-state index in [2.05, 4.69) is 68.5 Å². The maximum atomic E-state index is 13.8. The standard InChI is InChI=1S/C30H33N5O2S2/c1-19-10-11-22(20(2)14-19)35-29-26(28(33-35)30(3,4)5)27(23-9-7-13-38-23)39-18-25(37)34(29)17-24(36)32-16-21-8-6-12-31-15-21/h6-15,27H,16-18H2,1-5H3,(H,32,36)/t27-/m1/s1. The SMILES string of the molecule is Cc1ccc(-n2nc(C(C)(C)C)c3c2N(CC(=O)NCc2cccnc2)C(=O)CS[C@@H]3c2cccs2)c(C)c1. The summed E-state index contributed by atoms with van der Waals surface area (Å²) in [5, 5.41) is 10.1. The monoisotopic (exact) mass is 559 g/mol. The van der Waals surface area contributed by atoms with E-state index in [1.807, 2.05) is 28.9 Å². The minimum Gasteiger partial charge on any atom is -0.350 e. The van der Waals surface area contributed by atoms with Crippen LogP contribution in [0.1, 0.15) is 58.8 Å². The van der Waals surface area contributed by atoms with Crippen molar-refractivity contribution in [2.24, 2.45) is 0 Å². The van der Waals surface area contributed by atoms with Crippen molar-refractivity contribution in [3.05, 3.63) is 93.1 Å². The number of anilines is 1. The van der Waals surface area contributed by atoms with Crippen LogP contribution in [-0.4, -0.2) is 38.9 Å². The predicted molar refractivity (Wildman–Crippen MR) is 159 cm³/mol. The Bertz CT molecular complexity index is 1490. The van der Waals surface area contributed by atoms with Crippen LogP contribution in [0.15, 0.2) is 60.2 Å². The fourth-order valence-corrected chi connectivity index (χ4v) is 7.03. The summed E-state index contributed by atoms with van der Waals surface area (Å²) < 4.78 is 1.89. The molecule has 2 amide bonds. The van der Waals surface area contributed by atoms with Crippen molar-refractivity contribution in [2.45, 2.75) is 51.8 Å². The van der Waals surface area contributed by atoms with Gasteiger partial charge in [-0.15, -0.1) is 23.1 Å². The number of hydrogen-bond donors (Lipinski definition) is 1. The molecule has 9 heteroatoms. The van der Waals surface area contributed by atoms with E-state index in [4.69, 9.17) is 5.10 Å². The summed E-state index contributed by atoms with van der Waals surface area (Å²) in [7, 11) is 0. The van der Waals surface area contributed by atoms with Crippen molar-refractivity contribution in [3.8, 4) is 5.69 Å². The molecular weight excluding hydrogens is 526 g/mol. The largest absolute Gasteiger partial charge is 0.350 e. The van der Waals surface area contributed by atoms with Crippen LogP contribution in [0.25, 0.3) is 5.69 Å². The molecule has 202 valence electrons. The molecule has 1 aromatic carbocycles. The van der Waals surface area contributed by atoms with E-state index in [0.717, 1.165) is 33.6 Å². The number of thiophene rings is 1. The zero-order valence-corrected chi connectivity index (χ0v) is 24.5. The summed E-state index contributed by atoms with van der Waals surface area (Å²) in [6.07, 6.45) is 3.42. The normalized spacial score (nSPS) is 15.7.